The van der Waals surface area contributed by atoms with Crippen molar-refractivity contribution < 1.29 is 9.59 Å². The Balaban J connectivity index is 1.35. The maximum Gasteiger partial charge on any atom is 0.282 e. The second kappa shape index (κ2) is 9.39. The lowest BCUT2D eigenvalue weighted by molar-refractivity contribution is -0.129. The summed E-state index contributed by atoms with van der Waals surface area (Å²) in [7, 11) is 0. The molecule has 1 N–H and O–H groups in total. The van der Waals surface area contributed by atoms with Crippen molar-refractivity contribution in [1.29, 1.82) is 0 Å². The molecule has 0 radical (unpaired) electrons. The van der Waals surface area contributed by atoms with Crippen LogP contribution in [0.25, 0.3) is 11.3 Å². The average Bonchev–Trinajstić information content (AvgIpc) is 3.28. The van der Waals surface area contributed by atoms with Crippen molar-refractivity contribution in [2.24, 2.45) is 0 Å². The van der Waals surface area contributed by atoms with Crippen LogP contribution < -0.4 is 10.2 Å². The van der Waals surface area contributed by atoms with E-state index in [0.717, 1.165) is 28.1 Å². The largest absolute Gasteiger partial charge is 0.346 e. The SMILES string of the molecule is CC(=O)N1CCN(c2nnc(C(=O)NCc3cnc(-c4ccnc(C)c4)c(C)c3)s2)CC1. The number of aromatic nitrogens is 4. The van der Waals surface area contributed by atoms with E-state index in [1.54, 1.807) is 19.3 Å². The molecular formula is C22H25N7O2S. The molecule has 1 saturated heterocycles. The average molecular weight is 452 g/mol. The van der Waals surface area contributed by atoms with E-state index < -0.39 is 0 Å². The van der Waals surface area contributed by atoms with Crippen LogP contribution in [0.15, 0.2) is 30.6 Å². The molecule has 0 spiro atoms. The van der Waals surface area contributed by atoms with Gasteiger partial charge in [-0.1, -0.05) is 17.4 Å². The van der Waals surface area contributed by atoms with Gasteiger partial charge in [-0.2, -0.15) is 0 Å². The van der Waals surface area contributed by atoms with Gasteiger partial charge >= 0.3 is 0 Å². The minimum atomic E-state index is -0.261. The maximum absolute atomic E-state index is 12.6. The first-order valence-corrected chi connectivity index (χ1v) is 11.2. The van der Waals surface area contributed by atoms with Gasteiger partial charge in [0.15, 0.2) is 0 Å². The monoisotopic (exact) mass is 451 g/mol. The number of carbonyl (C=O) groups excluding carboxylic acids is 2. The molecule has 0 aliphatic carbocycles. The zero-order chi connectivity index (χ0) is 22.7. The van der Waals surface area contributed by atoms with Crippen molar-refractivity contribution in [3.8, 4) is 11.3 Å². The highest BCUT2D eigenvalue weighted by Gasteiger charge is 2.22. The highest BCUT2D eigenvalue weighted by atomic mass is 32.1. The Hall–Kier alpha value is -3.40. The standard InChI is InChI=1S/C22H25N7O2S/c1-14-10-17(12-24-19(14)18-4-5-23-15(2)11-18)13-25-20(31)21-26-27-22(32-21)29-8-6-28(7-9-29)16(3)30/h4-5,10-12H,6-9,13H2,1-3H3,(H,25,31). The van der Waals surface area contributed by atoms with Crippen LogP contribution in [-0.4, -0.2) is 63.1 Å². The van der Waals surface area contributed by atoms with E-state index in [-0.39, 0.29) is 11.8 Å². The van der Waals surface area contributed by atoms with Crippen LogP contribution in [0, 0.1) is 13.8 Å². The Kier molecular flexibility index (Phi) is 6.40. The van der Waals surface area contributed by atoms with Crippen LogP contribution in [0.2, 0.25) is 0 Å². The molecular weight excluding hydrogens is 426 g/mol. The molecule has 0 unspecified atom stereocenters. The number of nitrogens with one attached hydrogen (secondary N) is 1. The lowest BCUT2D eigenvalue weighted by Crippen LogP contribution is -2.48. The summed E-state index contributed by atoms with van der Waals surface area (Å²) in [6.45, 7) is 8.56. The predicted molar refractivity (Wildman–Crippen MR) is 122 cm³/mol. The Morgan fingerprint density at radius 1 is 1.09 bits per heavy atom. The fraction of sp³-hybridized carbons (Fsp3) is 0.364. The highest BCUT2D eigenvalue weighted by Crippen LogP contribution is 2.23. The summed E-state index contributed by atoms with van der Waals surface area (Å²) in [5.41, 5.74) is 4.82. The molecule has 10 heteroatoms. The van der Waals surface area contributed by atoms with Gasteiger partial charge in [0.2, 0.25) is 16.0 Å². The van der Waals surface area contributed by atoms with Gasteiger partial charge in [0.25, 0.3) is 5.91 Å². The predicted octanol–water partition coefficient (Wildman–Crippen LogP) is 2.21. The second-order valence-corrected chi connectivity index (χ2v) is 8.72. The molecule has 9 nitrogen and oxygen atoms in total. The molecule has 0 aromatic carbocycles. The third-order valence-electron chi connectivity index (χ3n) is 5.36. The molecule has 2 amide bonds. The van der Waals surface area contributed by atoms with Gasteiger partial charge in [-0.3, -0.25) is 19.6 Å². The summed E-state index contributed by atoms with van der Waals surface area (Å²) in [4.78, 5) is 36.7. The summed E-state index contributed by atoms with van der Waals surface area (Å²) in [5.74, 6) is -0.182. The zero-order valence-corrected chi connectivity index (χ0v) is 19.1. The Bertz CT molecular complexity index is 1140. The summed E-state index contributed by atoms with van der Waals surface area (Å²) < 4.78 is 0. The van der Waals surface area contributed by atoms with Crippen LogP contribution in [0.4, 0.5) is 5.13 Å². The van der Waals surface area contributed by atoms with Crippen molar-refractivity contribution in [3.63, 3.8) is 0 Å². The lowest BCUT2D eigenvalue weighted by Gasteiger charge is -2.33. The molecule has 3 aromatic rings. The van der Waals surface area contributed by atoms with Crippen LogP contribution in [0.1, 0.15) is 33.5 Å². The minimum Gasteiger partial charge on any atom is -0.346 e. The number of rotatable bonds is 5. The molecule has 0 bridgehead atoms. The Morgan fingerprint density at radius 3 is 2.56 bits per heavy atom. The number of carbonyl (C=O) groups is 2. The summed E-state index contributed by atoms with van der Waals surface area (Å²) in [6.07, 6.45) is 3.55. The van der Waals surface area contributed by atoms with E-state index in [0.29, 0.717) is 42.9 Å². The van der Waals surface area contributed by atoms with Gasteiger partial charge in [0.1, 0.15) is 0 Å². The van der Waals surface area contributed by atoms with Gasteiger partial charge in [0, 0.05) is 63.3 Å². The molecule has 1 fully saturated rings. The number of hydrogen-bond acceptors (Lipinski definition) is 8. The Labute approximate surface area is 190 Å². The fourth-order valence-electron chi connectivity index (χ4n) is 3.63. The van der Waals surface area contributed by atoms with E-state index >= 15 is 0 Å². The summed E-state index contributed by atoms with van der Waals surface area (Å²) in [5, 5.41) is 12.1. The first kappa shape index (κ1) is 21.8. The van der Waals surface area contributed by atoms with Crippen molar-refractivity contribution >= 4 is 28.3 Å². The van der Waals surface area contributed by atoms with Crippen molar-refractivity contribution in [3.05, 3.63) is 52.4 Å². The number of piperazine rings is 1. The van der Waals surface area contributed by atoms with E-state index in [1.165, 1.54) is 11.3 Å². The van der Waals surface area contributed by atoms with E-state index in [1.807, 2.05) is 36.9 Å². The molecule has 1 aliphatic rings. The number of aryl methyl sites for hydroxylation is 2. The zero-order valence-electron chi connectivity index (χ0n) is 18.3. The van der Waals surface area contributed by atoms with Crippen LogP contribution in [0.5, 0.6) is 0 Å². The van der Waals surface area contributed by atoms with Gasteiger partial charge in [-0.15, -0.1) is 10.2 Å². The van der Waals surface area contributed by atoms with Gasteiger partial charge in [-0.25, -0.2) is 0 Å². The van der Waals surface area contributed by atoms with Gasteiger partial charge in [-0.05, 0) is 37.1 Å². The number of amides is 2. The lowest BCUT2D eigenvalue weighted by atomic mass is 10.1. The van der Waals surface area contributed by atoms with Gasteiger partial charge < -0.3 is 15.1 Å². The number of hydrogen-bond donors (Lipinski definition) is 1. The molecule has 3 aromatic heterocycles. The third kappa shape index (κ3) is 4.91. The number of pyridine rings is 2. The normalized spacial score (nSPS) is 13.8. The van der Waals surface area contributed by atoms with Crippen LogP contribution >= 0.6 is 11.3 Å². The molecule has 1 aliphatic heterocycles. The number of anilines is 1. The molecule has 0 atom stereocenters. The summed E-state index contributed by atoms with van der Waals surface area (Å²) >= 11 is 1.26. The van der Waals surface area contributed by atoms with Crippen LogP contribution in [-0.2, 0) is 11.3 Å². The minimum absolute atomic E-state index is 0.0793. The van der Waals surface area contributed by atoms with Crippen molar-refractivity contribution in [2.75, 3.05) is 31.1 Å². The van der Waals surface area contributed by atoms with E-state index in [9.17, 15) is 9.59 Å². The first-order valence-electron chi connectivity index (χ1n) is 10.4. The molecule has 32 heavy (non-hydrogen) atoms. The Morgan fingerprint density at radius 2 is 1.88 bits per heavy atom. The topological polar surface area (TPSA) is 104 Å². The van der Waals surface area contributed by atoms with Crippen molar-refractivity contribution in [1.82, 2.24) is 30.4 Å². The quantitative estimate of drug-likeness (QED) is 0.634. The highest BCUT2D eigenvalue weighted by molar-refractivity contribution is 7.17. The maximum atomic E-state index is 12.6. The third-order valence-corrected chi connectivity index (χ3v) is 6.34. The first-order chi connectivity index (χ1) is 15.4. The van der Waals surface area contributed by atoms with Crippen LogP contribution in [0.3, 0.4) is 0 Å². The molecule has 0 saturated carbocycles. The van der Waals surface area contributed by atoms with Crippen molar-refractivity contribution in [2.45, 2.75) is 27.3 Å². The van der Waals surface area contributed by atoms with Gasteiger partial charge in [0.05, 0.1) is 5.69 Å². The van der Waals surface area contributed by atoms with E-state index in [4.69, 9.17) is 0 Å². The molecule has 166 valence electrons. The molecule has 4 rings (SSSR count). The molecule has 4 heterocycles. The van der Waals surface area contributed by atoms with E-state index in [2.05, 4.69) is 30.4 Å². The number of nitrogens with zero attached hydrogens (tertiary/aromatic N) is 6. The second-order valence-electron chi connectivity index (χ2n) is 7.76. The fourth-order valence-corrected chi connectivity index (χ4v) is 4.44. The summed E-state index contributed by atoms with van der Waals surface area (Å²) in [6, 6.07) is 5.97. The smallest absolute Gasteiger partial charge is 0.282 e.